The standard InChI is InChI=1S/C20H17NO4/c1-13(22)14-6-8-16(9-7-14)21-19(23)11-10-17-12-15-4-3-5-18(24-2)20(15)25-17/h3-12H,1-2H3,(H,21,23)/b11-10+. The zero-order valence-electron chi connectivity index (χ0n) is 13.9. The van der Waals surface area contributed by atoms with Crippen molar-refractivity contribution in [3.63, 3.8) is 0 Å². The average molecular weight is 335 g/mol. The van der Waals surface area contributed by atoms with Crippen molar-refractivity contribution >= 4 is 34.4 Å². The largest absolute Gasteiger partial charge is 0.493 e. The lowest BCUT2D eigenvalue weighted by Gasteiger charge is -2.02. The Morgan fingerprint density at radius 2 is 1.88 bits per heavy atom. The fourth-order valence-corrected chi connectivity index (χ4v) is 2.43. The molecule has 0 radical (unpaired) electrons. The Hall–Kier alpha value is -3.34. The number of carbonyl (C=O) groups is 2. The van der Waals surface area contributed by atoms with Crippen molar-refractivity contribution in [2.45, 2.75) is 6.92 Å². The zero-order chi connectivity index (χ0) is 17.8. The summed E-state index contributed by atoms with van der Waals surface area (Å²) in [4.78, 5) is 23.3. The predicted molar refractivity (Wildman–Crippen MR) is 96.9 cm³/mol. The Balaban J connectivity index is 1.71. The number of ketones is 1. The second-order valence-corrected chi connectivity index (χ2v) is 5.48. The van der Waals surface area contributed by atoms with Gasteiger partial charge in [-0.05, 0) is 49.4 Å². The molecule has 1 N–H and O–H groups in total. The van der Waals surface area contributed by atoms with Gasteiger partial charge in [-0.2, -0.15) is 0 Å². The molecule has 0 unspecified atom stereocenters. The van der Waals surface area contributed by atoms with Crippen molar-refractivity contribution in [1.82, 2.24) is 0 Å². The Morgan fingerprint density at radius 3 is 2.56 bits per heavy atom. The van der Waals surface area contributed by atoms with E-state index in [0.29, 0.717) is 28.3 Å². The monoisotopic (exact) mass is 335 g/mol. The minimum Gasteiger partial charge on any atom is -0.493 e. The van der Waals surface area contributed by atoms with Crippen LogP contribution in [0.15, 0.2) is 59.0 Å². The highest BCUT2D eigenvalue weighted by Gasteiger charge is 2.07. The smallest absolute Gasteiger partial charge is 0.248 e. The number of para-hydroxylation sites is 1. The van der Waals surface area contributed by atoms with E-state index in [0.717, 1.165) is 5.39 Å². The fourth-order valence-electron chi connectivity index (χ4n) is 2.43. The van der Waals surface area contributed by atoms with Crippen molar-refractivity contribution in [2.24, 2.45) is 0 Å². The van der Waals surface area contributed by atoms with E-state index >= 15 is 0 Å². The van der Waals surface area contributed by atoms with E-state index < -0.39 is 0 Å². The molecular weight excluding hydrogens is 318 g/mol. The van der Waals surface area contributed by atoms with Gasteiger partial charge < -0.3 is 14.5 Å². The first kappa shape index (κ1) is 16.5. The Morgan fingerprint density at radius 1 is 1.12 bits per heavy atom. The molecule has 2 aromatic carbocycles. The number of rotatable bonds is 5. The van der Waals surface area contributed by atoms with Crippen molar-refractivity contribution in [1.29, 1.82) is 0 Å². The van der Waals surface area contributed by atoms with Crippen LogP contribution in [0.3, 0.4) is 0 Å². The van der Waals surface area contributed by atoms with Crippen LogP contribution in [-0.2, 0) is 4.79 Å². The maximum atomic E-state index is 12.0. The number of hydrogen-bond acceptors (Lipinski definition) is 4. The number of amides is 1. The molecule has 0 saturated carbocycles. The molecule has 0 fully saturated rings. The Bertz CT molecular complexity index is 951. The molecular formula is C20H17NO4. The predicted octanol–water partition coefficient (Wildman–Crippen LogP) is 4.30. The van der Waals surface area contributed by atoms with Crippen LogP contribution in [0.1, 0.15) is 23.0 Å². The van der Waals surface area contributed by atoms with Crippen molar-refractivity contribution in [2.75, 3.05) is 12.4 Å². The summed E-state index contributed by atoms with van der Waals surface area (Å²) in [6, 6.07) is 14.2. The van der Waals surface area contributed by atoms with E-state index in [-0.39, 0.29) is 11.7 Å². The van der Waals surface area contributed by atoms with E-state index in [1.54, 1.807) is 37.5 Å². The highest BCUT2D eigenvalue weighted by atomic mass is 16.5. The van der Waals surface area contributed by atoms with Crippen LogP contribution in [0, 0.1) is 0 Å². The summed E-state index contributed by atoms with van der Waals surface area (Å²) < 4.78 is 11.0. The lowest BCUT2D eigenvalue weighted by Crippen LogP contribution is -2.07. The molecule has 0 atom stereocenters. The summed E-state index contributed by atoms with van der Waals surface area (Å²) in [5, 5.41) is 3.63. The van der Waals surface area contributed by atoms with E-state index in [4.69, 9.17) is 9.15 Å². The number of carbonyl (C=O) groups excluding carboxylic acids is 2. The van der Waals surface area contributed by atoms with Gasteiger partial charge in [0.2, 0.25) is 5.91 Å². The molecule has 5 heteroatoms. The SMILES string of the molecule is COc1cccc2cc(/C=C/C(=O)Nc3ccc(C(C)=O)cc3)oc12. The third kappa shape index (κ3) is 3.77. The van der Waals surface area contributed by atoms with E-state index in [1.807, 2.05) is 24.3 Å². The number of anilines is 1. The molecule has 1 amide bonds. The number of fused-ring (bicyclic) bond motifs is 1. The van der Waals surface area contributed by atoms with Crippen LogP contribution in [-0.4, -0.2) is 18.8 Å². The lowest BCUT2D eigenvalue weighted by atomic mass is 10.1. The van der Waals surface area contributed by atoms with E-state index in [2.05, 4.69) is 5.32 Å². The minimum absolute atomic E-state index is 0.0157. The van der Waals surface area contributed by atoms with Crippen LogP contribution in [0.5, 0.6) is 5.75 Å². The molecule has 0 bridgehead atoms. The normalized spacial score (nSPS) is 11.0. The number of ether oxygens (including phenoxy) is 1. The molecule has 3 aromatic rings. The highest BCUT2D eigenvalue weighted by molar-refractivity contribution is 6.02. The van der Waals surface area contributed by atoms with Gasteiger partial charge in [-0.1, -0.05) is 12.1 Å². The first-order chi connectivity index (χ1) is 12.1. The molecule has 25 heavy (non-hydrogen) atoms. The number of nitrogens with one attached hydrogen (secondary N) is 1. The molecule has 1 aromatic heterocycles. The Kier molecular flexibility index (Phi) is 4.66. The van der Waals surface area contributed by atoms with Gasteiger partial charge in [-0.15, -0.1) is 0 Å². The topological polar surface area (TPSA) is 68.5 Å². The van der Waals surface area contributed by atoms with Crippen molar-refractivity contribution in [3.8, 4) is 5.75 Å². The van der Waals surface area contributed by atoms with Gasteiger partial charge in [0.25, 0.3) is 0 Å². The summed E-state index contributed by atoms with van der Waals surface area (Å²) in [5.74, 6) is 0.898. The van der Waals surface area contributed by atoms with Gasteiger partial charge in [0.15, 0.2) is 17.1 Å². The third-order valence-corrected chi connectivity index (χ3v) is 3.70. The average Bonchev–Trinajstić information content (AvgIpc) is 3.03. The highest BCUT2D eigenvalue weighted by Crippen LogP contribution is 2.28. The minimum atomic E-state index is -0.289. The number of methoxy groups -OCH3 is 1. The van der Waals surface area contributed by atoms with Crippen LogP contribution in [0.2, 0.25) is 0 Å². The van der Waals surface area contributed by atoms with Gasteiger partial charge in [0.1, 0.15) is 5.76 Å². The molecule has 0 aliphatic rings. The first-order valence-corrected chi connectivity index (χ1v) is 7.73. The lowest BCUT2D eigenvalue weighted by molar-refractivity contribution is -0.111. The van der Waals surface area contributed by atoms with Crippen LogP contribution in [0.4, 0.5) is 5.69 Å². The summed E-state index contributed by atoms with van der Waals surface area (Å²) in [6.45, 7) is 1.50. The maximum Gasteiger partial charge on any atom is 0.248 e. The molecule has 0 aliphatic heterocycles. The third-order valence-electron chi connectivity index (χ3n) is 3.70. The van der Waals surface area contributed by atoms with Crippen LogP contribution >= 0.6 is 0 Å². The second kappa shape index (κ2) is 7.05. The van der Waals surface area contributed by atoms with Crippen LogP contribution in [0.25, 0.3) is 17.0 Å². The quantitative estimate of drug-likeness (QED) is 0.558. The molecule has 3 rings (SSSR count). The van der Waals surface area contributed by atoms with E-state index in [9.17, 15) is 9.59 Å². The molecule has 0 saturated heterocycles. The van der Waals surface area contributed by atoms with Gasteiger partial charge in [-0.3, -0.25) is 9.59 Å². The van der Waals surface area contributed by atoms with E-state index in [1.165, 1.54) is 13.0 Å². The zero-order valence-corrected chi connectivity index (χ0v) is 13.9. The second-order valence-electron chi connectivity index (χ2n) is 5.48. The number of benzene rings is 2. The van der Waals surface area contributed by atoms with Gasteiger partial charge in [-0.25, -0.2) is 0 Å². The van der Waals surface area contributed by atoms with Crippen molar-refractivity contribution in [3.05, 3.63) is 65.9 Å². The number of furan rings is 1. The van der Waals surface area contributed by atoms with Gasteiger partial charge in [0.05, 0.1) is 7.11 Å². The molecule has 0 spiro atoms. The van der Waals surface area contributed by atoms with Gasteiger partial charge >= 0.3 is 0 Å². The molecule has 0 aliphatic carbocycles. The summed E-state index contributed by atoms with van der Waals surface area (Å²) in [5.41, 5.74) is 1.86. The molecule has 1 heterocycles. The Labute approximate surface area is 144 Å². The number of hydrogen-bond donors (Lipinski definition) is 1. The first-order valence-electron chi connectivity index (χ1n) is 7.73. The van der Waals surface area contributed by atoms with Crippen LogP contribution < -0.4 is 10.1 Å². The summed E-state index contributed by atoms with van der Waals surface area (Å²) in [6.07, 6.45) is 2.99. The van der Waals surface area contributed by atoms with Crippen molar-refractivity contribution < 1.29 is 18.7 Å². The molecule has 5 nitrogen and oxygen atoms in total. The summed E-state index contributed by atoms with van der Waals surface area (Å²) in [7, 11) is 1.58. The summed E-state index contributed by atoms with van der Waals surface area (Å²) >= 11 is 0. The fraction of sp³-hybridized carbons (Fsp3) is 0.100. The number of Topliss-reactive ketones (excluding diaryl/α,β-unsaturated/α-hetero) is 1. The maximum absolute atomic E-state index is 12.0. The van der Waals surface area contributed by atoms with Gasteiger partial charge in [0, 0.05) is 22.7 Å². The molecule has 126 valence electrons.